The summed E-state index contributed by atoms with van der Waals surface area (Å²) in [5.74, 6) is -1.39. The van der Waals surface area contributed by atoms with Crippen LogP contribution in [-0.2, 0) is 16.0 Å². The van der Waals surface area contributed by atoms with Gasteiger partial charge in [-0.1, -0.05) is 0 Å². The summed E-state index contributed by atoms with van der Waals surface area (Å²) < 4.78 is 5.34. The number of rotatable bonds is 1. The SMILES string of the molecule is COC(=O)C1Cc2c(Br)cncc2C1=O. The van der Waals surface area contributed by atoms with Crippen molar-refractivity contribution in [2.24, 2.45) is 5.92 Å². The molecule has 2 rings (SSSR count). The Morgan fingerprint density at radius 3 is 2.93 bits per heavy atom. The lowest BCUT2D eigenvalue weighted by molar-refractivity contribution is -0.143. The molecule has 5 heteroatoms. The highest BCUT2D eigenvalue weighted by molar-refractivity contribution is 9.10. The van der Waals surface area contributed by atoms with Gasteiger partial charge in [-0.15, -0.1) is 0 Å². The van der Waals surface area contributed by atoms with E-state index >= 15 is 0 Å². The smallest absolute Gasteiger partial charge is 0.316 e. The van der Waals surface area contributed by atoms with Crippen LogP contribution in [0.25, 0.3) is 0 Å². The zero-order chi connectivity index (χ0) is 11.0. The molecule has 0 saturated heterocycles. The van der Waals surface area contributed by atoms with Crippen molar-refractivity contribution in [2.45, 2.75) is 6.42 Å². The van der Waals surface area contributed by atoms with Gasteiger partial charge in [0.05, 0.1) is 7.11 Å². The Bertz CT molecular complexity index is 444. The van der Waals surface area contributed by atoms with Crippen LogP contribution < -0.4 is 0 Å². The maximum absolute atomic E-state index is 11.8. The van der Waals surface area contributed by atoms with Crippen LogP contribution in [0.2, 0.25) is 0 Å². The molecule has 0 saturated carbocycles. The fraction of sp³-hybridized carbons (Fsp3) is 0.300. The van der Waals surface area contributed by atoms with E-state index in [2.05, 4.69) is 25.7 Å². The number of hydrogen-bond acceptors (Lipinski definition) is 4. The Balaban J connectivity index is 2.41. The fourth-order valence-corrected chi connectivity index (χ4v) is 2.19. The van der Waals surface area contributed by atoms with Crippen molar-refractivity contribution in [1.29, 1.82) is 0 Å². The normalized spacial score (nSPS) is 18.8. The highest BCUT2D eigenvalue weighted by atomic mass is 79.9. The van der Waals surface area contributed by atoms with Crippen LogP contribution in [0.15, 0.2) is 16.9 Å². The third-order valence-electron chi connectivity index (χ3n) is 2.48. The molecule has 0 aliphatic heterocycles. The number of carbonyl (C=O) groups is 2. The molecule has 1 aliphatic rings. The summed E-state index contributed by atoms with van der Waals surface area (Å²) in [5, 5.41) is 0. The van der Waals surface area contributed by atoms with E-state index < -0.39 is 11.9 Å². The molecule has 0 amide bonds. The van der Waals surface area contributed by atoms with Gasteiger partial charge in [0.15, 0.2) is 5.78 Å². The average molecular weight is 270 g/mol. The van der Waals surface area contributed by atoms with Crippen molar-refractivity contribution in [3.8, 4) is 0 Å². The summed E-state index contributed by atoms with van der Waals surface area (Å²) in [6, 6.07) is 0. The third-order valence-corrected chi connectivity index (χ3v) is 3.16. The molecule has 1 atom stereocenters. The van der Waals surface area contributed by atoms with Crippen molar-refractivity contribution in [3.63, 3.8) is 0 Å². The summed E-state index contributed by atoms with van der Waals surface area (Å²) in [6.07, 6.45) is 3.50. The zero-order valence-corrected chi connectivity index (χ0v) is 9.58. The number of halogens is 1. The van der Waals surface area contributed by atoms with Crippen LogP contribution in [0.3, 0.4) is 0 Å². The predicted molar refractivity (Wildman–Crippen MR) is 55.5 cm³/mol. The highest BCUT2D eigenvalue weighted by Crippen LogP contribution is 2.31. The quantitative estimate of drug-likeness (QED) is 0.571. The van der Waals surface area contributed by atoms with E-state index in [4.69, 9.17) is 0 Å². The Morgan fingerprint density at radius 1 is 1.60 bits per heavy atom. The highest BCUT2D eigenvalue weighted by Gasteiger charge is 2.37. The molecule has 0 fully saturated rings. The molecule has 0 radical (unpaired) electrons. The molecule has 4 nitrogen and oxygen atoms in total. The topological polar surface area (TPSA) is 56.3 Å². The van der Waals surface area contributed by atoms with Gasteiger partial charge >= 0.3 is 5.97 Å². The standard InChI is InChI=1S/C10H8BrNO3/c1-15-10(14)6-2-5-7(9(6)13)3-12-4-8(5)11/h3-4,6H,2H2,1H3. The summed E-state index contributed by atoms with van der Waals surface area (Å²) in [5.41, 5.74) is 1.35. The van der Waals surface area contributed by atoms with E-state index in [1.165, 1.54) is 13.3 Å². The van der Waals surface area contributed by atoms with Gasteiger partial charge < -0.3 is 4.74 Å². The van der Waals surface area contributed by atoms with E-state index in [-0.39, 0.29) is 5.78 Å². The first-order valence-corrected chi connectivity index (χ1v) is 5.19. The second-order valence-electron chi connectivity index (χ2n) is 3.29. The maximum atomic E-state index is 11.8. The van der Waals surface area contributed by atoms with Gasteiger partial charge in [0.2, 0.25) is 0 Å². The van der Waals surface area contributed by atoms with Crippen molar-refractivity contribution < 1.29 is 14.3 Å². The van der Waals surface area contributed by atoms with Gasteiger partial charge in [-0.25, -0.2) is 0 Å². The monoisotopic (exact) mass is 269 g/mol. The van der Waals surface area contributed by atoms with Gasteiger partial charge in [0.1, 0.15) is 5.92 Å². The molecular weight excluding hydrogens is 262 g/mol. The molecule has 1 aliphatic carbocycles. The van der Waals surface area contributed by atoms with Crippen molar-refractivity contribution in [1.82, 2.24) is 4.98 Å². The van der Waals surface area contributed by atoms with Crippen LogP contribution in [0.5, 0.6) is 0 Å². The third kappa shape index (κ3) is 1.56. The Labute approximate surface area is 94.8 Å². The molecule has 0 bridgehead atoms. The van der Waals surface area contributed by atoms with E-state index in [0.29, 0.717) is 12.0 Å². The van der Waals surface area contributed by atoms with E-state index in [1.54, 1.807) is 6.20 Å². The van der Waals surface area contributed by atoms with Crippen LogP contribution in [-0.4, -0.2) is 23.8 Å². The number of ether oxygens (including phenoxy) is 1. The number of carbonyl (C=O) groups excluding carboxylic acids is 2. The van der Waals surface area contributed by atoms with Gasteiger partial charge in [-0.05, 0) is 27.9 Å². The lowest BCUT2D eigenvalue weighted by Gasteiger charge is -2.03. The largest absolute Gasteiger partial charge is 0.468 e. The van der Waals surface area contributed by atoms with E-state index in [0.717, 1.165) is 10.0 Å². The second-order valence-corrected chi connectivity index (χ2v) is 4.15. The number of hydrogen-bond donors (Lipinski definition) is 0. The Kier molecular flexibility index (Phi) is 2.56. The lowest BCUT2D eigenvalue weighted by Crippen LogP contribution is -2.21. The number of esters is 1. The van der Waals surface area contributed by atoms with Gasteiger partial charge in [0, 0.05) is 22.4 Å². The summed E-state index contributed by atoms with van der Waals surface area (Å²) in [4.78, 5) is 27.0. The van der Waals surface area contributed by atoms with Crippen LogP contribution in [0.1, 0.15) is 15.9 Å². The first-order valence-electron chi connectivity index (χ1n) is 4.39. The molecule has 0 aromatic carbocycles. The average Bonchev–Trinajstić information content (AvgIpc) is 2.57. The summed E-state index contributed by atoms with van der Waals surface area (Å²) >= 11 is 3.31. The molecule has 15 heavy (non-hydrogen) atoms. The molecule has 0 spiro atoms. The number of nitrogens with zero attached hydrogens (tertiary/aromatic N) is 1. The Hall–Kier alpha value is -1.23. The minimum Gasteiger partial charge on any atom is -0.468 e. The van der Waals surface area contributed by atoms with Crippen molar-refractivity contribution in [2.75, 3.05) is 7.11 Å². The van der Waals surface area contributed by atoms with Crippen LogP contribution >= 0.6 is 15.9 Å². The minimum absolute atomic E-state index is 0.203. The summed E-state index contributed by atoms with van der Waals surface area (Å²) in [7, 11) is 1.28. The molecule has 1 aromatic heterocycles. The number of aromatic nitrogens is 1. The first kappa shape index (κ1) is 10.3. The number of fused-ring (bicyclic) bond motifs is 1. The number of pyridine rings is 1. The second kappa shape index (κ2) is 3.73. The summed E-state index contributed by atoms with van der Waals surface area (Å²) in [6.45, 7) is 0. The van der Waals surface area contributed by atoms with Gasteiger partial charge in [0.25, 0.3) is 0 Å². The molecule has 1 unspecified atom stereocenters. The number of ketones is 1. The fourth-order valence-electron chi connectivity index (χ4n) is 1.70. The van der Waals surface area contributed by atoms with Crippen LogP contribution in [0.4, 0.5) is 0 Å². The molecule has 78 valence electrons. The van der Waals surface area contributed by atoms with E-state index in [9.17, 15) is 9.59 Å². The van der Waals surface area contributed by atoms with Gasteiger partial charge in [-0.3, -0.25) is 14.6 Å². The predicted octanol–water partition coefficient (Wildman–Crippen LogP) is 1.37. The minimum atomic E-state index is -0.703. The van der Waals surface area contributed by atoms with Gasteiger partial charge in [-0.2, -0.15) is 0 Å². The molecule has 1 heterocycles. The van der Waals surface area contributed by atoms with Crippen molar-refractivity contribution in [3.05, 3.63) is 28.0 Å². The van der Waals surface area contributed by atoms with Crippen molar-refractivity contribution >= 4 is 27.7 Å². The number of methoxy groups -OCH3 is 1. The van der Waals surface area contributed by atoms with Crippen LogP contribution in [0, 0.1) is 5.92 Å². The first-order chi connectivity index (χ1) is 7.15. The van der Waals surface area contributed by atoms with E-state index in [1.807, 2.05) is 0 Å². The number of Topliss-reactive ketones (excluding diaryl/α,β-unsaturated/α-hetero) is 1. The maximum Gasteiger partial charge on any atom is 0.316 e. The Morgan fingerprint density at radius 2 is 2.33 bits per heavy atom. The molecule has 1 aromatic rings. The molecular formula is C10H8BrNO3. The zero-order valence-electron chi connectivity index (χ0n) is 7.99. The lowest BCUT2D eigenvalue weighted by atomic mass is 10.1. The molecule has 0 N–H and O–H groups in total.